The molecule has 0 saturated heterocycles. The Morgan fingerprint density at radius 2 is 0.727 bits per heavy atom. The third-order valence-corrected chi connectivity index (χ3v) is 11.6. The molecule has 0 spiro atoms. The summed E-state index contributed by atoms with van der Waals surface area (Å²) in [5.74, 6) is 0. The minimum absolute atomic E-state index is 0.231. The van der Waals surface area contributed by atoms with Crippen molar-refractivity contribution in [1.82, 2.24) is 0 Å². The first-order chi connectivity index (χ1) is 27.1. The monoisotopic (exact) mass is 701 g/mol. The van der Waals surface area contributed by atoms with Crippen molar-refractivity contribution in [1.29, 1.82) is 0 Å². The van der Waals surface area contributed by atoms with Gasteiger partial charge in [-0.25, -0.2) is 0 Å². The number of hydrogen-bond acceptors (Lipinski definition) is 1. The van der Waals surface area contributed by atoms with Gasteiger partial charge in [-0.05, 0) is 127 Å². The van der Waals surface area contributed by atoms with Crippen LogP contribution >= 0.6 is 0 Å². The molecular formula is C54H39N. The van der Waals surface area contributed by atoms with Gasteiger partial charge in [0.15, 0.2) is 0 Å². The van der Waals surface area contributed by atoms with Gasteiger partial charge in [-0.3, -0.25) is 0 Å². The molecule has 0 bridgehead atoms. The molecule has 10 rings (SSSR count). The Morgan fingerprint density at radius 1 is 0.309 bits per heavy atom. The van der Waals surface area contributed by atoms with Gasteiger partial charge in [-0.2, -0.15) is 0 Å². The van der Waals surface area contributed by atoms with Gasteiger partial charge in [-0.1, -0.05) is 170 Å². The molecule has 0 aliphatic heterocycles. The lowest BCUT2D eigenvalue weighted by Crippen LogP contribution is -2.22. The number of nitrogens with zero attached hydrogens (tertiary/aromatic N) is 1. The van der Waals surface area contributed by atoms with Crippen LogP contribution in [0.25, 0.3) is 55.3 Å². The quantitative estimate of drug-likeness (QED) is 0.160. The van der Waals surface area contributed by atoms with Gasteiger partial charge in [0.2, 0.25) is 0 Å². The van der Waals surface area contributed by atoms with E-state index in [0.29, 0.717) is 0 Å². The Bertz CT molecular complexity index is 2750. The SMILES string of the molecule is CC1(c2cccc(-c3ccc(N(c4ccc(-c5ccccc5)cc4)c4ccc(-c5ccc6ccccc6c5)cc4)cc3)c2)c2ccccc2-c2ccccc21. The largest absolute Gasteiger partial charge is 0.311 e. The molecule has 1 aliphatic carbocycles. The Balaban J connectivity index is 1.01. The van der Waals surface area contributed by atoms with E-state index < -0.39 is 0 Å². The summed E-state index contributed by atoms with van der Waals surface area (Å²) in [4.78, 5) is 2.35. The van der Waals surface area contributed by atoms with Crippen LogP contribution in [0.1, 0.15) is 23.6 Å². The molecular weight excluding hydrogens is 663 g/mol. The lowest BCUT2D eigenvalue weighted by Gasteiger charge is -2.29. The molecule has 0 radical (unpaired) electrons. The van der Waals surface area contributed by atoms with Crippen LogP contribution in [0.15, 0.2) is 218 Å². The van der Waals surface area contributed by atoms with Gasteiger partial charge in [0.05, 0.1) is 0 Å². The zero-order valence-corrected chi connectivity index (χ0v) is 30.7. The number of benzene rings is 9. The second-order valence-electron chi connectivity index (χ2n) is 14.7. The lowest BCUT2D eigenvalue weighted by atomic mass is 9.74. The maximum Gasteiger partial charge on any atom is 0.0462 e. The summed E-state index contributed by atoms with van der Waals surface area (Å²) in [6.07, 6.45) is 0. The summed E-state index contributed by atoms with van der Waals surface area (Å²) in [5.41, 5.74) is 17.0. The van der Waals surface area contributed by atoms with Crippen LogP contribution in [-0.2, 0) is 5.41 Å². The fourth-order valence-corrected chi connectivity index (χ4v) is 8.63. The number of fused-ring (bicyclic) bond motifs is 4. The Labute approximate surface area is 323 Å². The van der Waals surface area contributed by atoms with E-state index >= 15 is 0 Å². The average Bonchev–Trinajstić information content (AvgIpc) is 3.53. The molecule has 9 aromatic rings. The summed E-state index contributed by atoms with van der Waals surface area (Å²) in [6.45, 7) is 2.38. The molecule has 9 aromatic carbocycles. The second kappa shape index (κ2) is 13.5. The minimum atomic E-state index is -0.231. The average molecular weight is 702 g/mol. The van der Waals surface area contributed by atoms with Crippen LogP contribution in [0.5, 0.6) is 0 Å². The zero-order chi connectivity index (χ0) is 36.8. The summed E-state index contributed by atoms with van der Waals surface area (Å²) in [6, 6.07) is 79.6. The first kappa shape index (κ1) is 32.7. The predicted molar refractivity (Wildman–Crippen MR) is 232 cm³/mol. The highest BCUT2D eigenvalue weighted by Gasteiger charge is 2.40. The summed E-state index contributed by atoms with van der Waals surface area (Å²) in [5, 5.41) is 2.51. The fraction of sp³-hybridized carbons (Fsp3) is 0.0370. The van der Waals surface area contributed by atoms with E-state index in [1.807, 2.05) is 0 Å². The smallest absolute Gasteiger partial charge is 0.0462 e. The van der Waals surface area contributed by atoms with Crippen molar-refractivity contribution < 1.29 is 0 Å². The standard InChI is InChI=1S/C54H39N/c1-54(52-20-9-7-18-50(52)51-19-8-10-21-53(51)54)46-17-11-16-44(37-46)41-26-32-48(33-27-41)55(47-30-24-40(25-31-47)38-12-3-2-4-13-38)49-34-28-42(29-35-49)45-23-22-39-14-5-6-15-43(39)36-45/h2-37H,1H3. The van der Waals surface area contributed by atoms with E-state index in [-0.39, 0.29) is 5.41 Å². The summed E-state index contributed by atoms with van der Waals surface area (Å²) >= 11 is 0. The van der Waals surface area contributed by atoms with E-state index in [9.17, 15) is 0 Å². The molecule has 55 heavy (non-hydrogen) atoms. The first-order valence-electron chi connectivity index (χ1n) is 19.1. The first-order valence-corrected chi connectivity index (χ1v) is 19.1. The fourth-order valence-electron chi connectivity index (χ4n) is 8.63. The van der Waals surface area contributed by atoms with Crippen molar-refractivity contribution in [3.63, 3.8) is 0 Å². The molecule has 0 fully saturated rings. The molecule has 1 aliphatic rings. The van der Waals surface area contributed by atoms with Crippen molar-refractivity contribution in [2.75, 3.05) is 4.90 Å². The third kappa shape index (κ3) is 5.73. The molecule has 0 atom stereocenters. The predicted octanol–water partition coefficient (Wildman–Crippen LogP) is 14.6. The Kier molecular flexibility index (Phi) is 8.00. The molecule has 0 amide bonds. The summed E-state index contributed by atoms with van der Waals surface area (Å²) < 4.78 is 0. The molecule has 0 saturated carbocycles. The lowest BCUT2D eigenvalue weighted by molar-refractivity contribution is 0.714. The highest BCUT2D eigenvalue weighted by Crippen LogP contribution is 2.52. The molecule has 0 heterocycles. The Hall–Kier alpha value is -6.96. The molecule has 0 N–H and O–H groups in total. The van der Waals surface area contributed by atoms with Crippen molar-refractivity contribution >= 4 is 27.8 Å². The van der Waals surface area contributed by atoms with E-state index in [2.05, 4.69) is 230 Å². The van der Waals surface area contributed by atoms with Gasteiger partial charge in [0.1, 0.15) is 0 Å². The number of rotatable bonds is 7. The molecule has 1 heteroatoms. The van der Waals surface area contributed by atoms with Crippen molar-refractivity contribution in [3.8, 4) is 44.5 Å². The van der Waals surface area contributed by atoms with Crippen molar-refractivity contribution in [2.24, 2.45) is 0 Å². The molecule has 0 unspecified atom stereocenters. The number of hydrogen-bond donors (Lipinski definition) is 0. The van der Waals surface area contributed by atoms with Crippen molar-refractivity contribution in [2.45, 2.75) is 12.3 Å². The van der Waals surface area contributed by atoms with Crippen LogP contribution in [0.2, 0.25) is 0 Å². The van der Waals surface area contributed by atoms with Crippen LogP contribution in [0.4, 0.5) is 17.1 Å². The third-order valence-electron chi connectivity index (χ3n) is 11.6. The van der Waals surface area contributed by atoms with E-state index in [4.69, 9.17) is 0 Å². The van der Waals surface area contributed by atoms with E-state index in [0.717, 1.165) is 17.1 Å². The zero-order valence-electron chi connectivity index (χ0n) is 30.7. The van der Waals surface area contributed by atoms with Gasteiger partial charge in [0, 0.05) is 22.5 Å². The minimum Gasteiger partial charge on any atom is -0.311 e. The van der Waals surface area contributed by atoms with Crippen LogP contribution in [-0.4, -0.2) is 0 Å². The topological polar surface area (TPSA) is 3.24 Å². The van der Waals surface area contributed by atoms with Crippen LogP contribution < -0.4 is 4.90 Å². The van der Waals surface area contributed by atoms with E-state index in [1.165, 1.54) is 72.0 Å². The Morgan fingerprint density at radius 3 is 1.31 bits per heavy atom. The van der Waals surface area contributed by atoms with E-state index in [1.54, 1.807) is 0 Å². The normalized spacial score (nSPS) is 12.6. The van der Waals surface area contributed by atoms with Crippen molar-refractivity contribution in [3.05, 3.63) is 235 Å². The highest BCUT2D eigenvalue weighted by atomic mass is 15.1. The molecule has 1 nitrogen and oxygen atoms in total. The van der Waals surface area contributed by atoms with Gasteiger partial charge < -0.3 is 4.90 Å². The van der Waals surface area contributed by atoms with Gasteiger partial charge in [-0.15, -0.1) is 0 Å². The van der Waals surface area contributed by atoms with Gasteiger partial charge in [0.25, 0.3) is 0 Å². The number of anilines is 3. The highest BCUT2D eigenvalue weighted by molar-refractivity contribution is 5.88. The second-order valence-corrected chi connectivity index (χ2v) is 14.7. The van der Waals surface area contributed by atoms with Crippen LogP contribution in [0, 0.1) is 0 Å². The van der Waals surface area contributed by atoms with Crippen LogP contribution in [0.3, 0.4) is 0 Å². The van der Waals surface area contributed by atoms with Gasteiger partial charge >= 0.3 is 0 Å². The molecule has 0 aromatic heterocycles. The maximum absolute atomic E-state index is 2.39. The molecule has 260 valence electrons. The summed E-state index contributed by atoms with van der Waals surface area (Å²) in [7, 11) is 0. The maximum atomic E-state index is 2.39.